The number of hydrogen-bond acceptors (Lipinski definition) is 4. The van der Waals surface area contributed by atoms with Crippen molar-refractivity contribution in [2.75, 3.05) is 5.73 Å². The third-order valence-corrected chi connectivity index (χ3v) is 4.73. The second-order valence-corrected chi connectivity index (χ2v) is 6.61. The molecule has 0 spiro atoms. The molecule has 0 fully saturated rings. The van der Waals surface area contributed by atoms with Gasteiger partial charge in [0, 0.05) is 6.20 Å². The lowest BCUT2D eigenvalue weighted by atomic mass is 10.2. The Bertz CT molecular complexity index is 714. The van der Waals surface area contributed by atoms with Crippen LogP contribution in [0.1, 0.15) is 11.3 Å². The first-order valence-corrected chi connectivity index (χ1v) is 7.61. The third-order valence-electron chi connectivity index (χ3n) is 2.78. The Hall–Kier alpha value is -1.59. The van der Waals surface area contributed by atoms with Gasteiger partial charge in [0.1, 0.15) is 0 Å². The minimum atomic E-state index is -3.48. The van der Waals surface area contributed by atoms with Crippen molar-refractivity contribution < 1.29 is 8.42 Å². The van der Waals surface area contributed by atoms with Crippen LogP contribution in [0, 0.1) is 6.92 Å². The van der Waals surface area contributed by atoms with Gasteiger partial charge in [0.2, 0.25) is 0 Å². The van der Waals surface area contributed by atoms with Crippen LogP contribution in [0.4, 0.5) is 5.69 Å². The summed E-state index contributed by atoms with van der Waals surface area (Å²) in [5.74, 6) is -0.153. The topological polar surface area (TPSA) is 73.0 Å². The lowest BCUT2D eigenvalue weighted by molar-refractivity contribution is 0.594. The number of hydrogen-bond donors (Lipinski definition) is 1. The molecule has 0 unspecified atom stereocenters. The lowest BCUT2D eigenvalue weighted by Gasteiger charge is -2.07. The maximum Gasteiger partial charge on any atom is 0.184 e. The largest absolute Gasteiger partial charge is 0.398 e. The number of sulfone groups is 1. The standard InChI is InChI=1S/C13H13ClN2O2S/c1-9-3-2-6-16-13(9)8-19(17,18)10-4-5-12(15)11(14)7-10/h2-7H,8,15H2,1H3. The molecule has 19 heavy (non-hydrogen) atoms. The monoisotopic (exact) mass is 296 g/mol. The Kier molecular flexibility index (Phi) is 3.78. The fourth-order valence-corrected chi connectivity index (χ4v) is 3.28. The number of nitrogen functional groups attached to an aromatic ring is 1. The first-order valence-electron chi connectivity index (χ1n) is 5.58. The van der Waals surface area contributed by atoms with Crippen molar-refractivity contribution in [1.82, 2.24) is 4.98 Å². The van der Waals surface area contributed by atoms with Gasteiger partial charge in [-0.05, 0) is 36.8 Å². The molecule has 0 saturated heterocycles. The van der Waals surface area contributed by atoms with Crippen molar-refractivity contribution in [1.29, 1.82) is 0 Å². The average molecular weight is 297 g/mol. The average Bonchev–Trinajstić information content (AvgIpc) is 2.35. The molecule has 0 radical (unpaired) electrons. The first kappa shape index (κ1) is 13.8. The summed E-state index contributed by atoms with van der Waals surface area (Å²) in [7, 11) is -3.48. The predicted octanol–water partition coefficient (Wildman–Crippen LogP) is 2.60. The van der Waals surface area contributed by atoms with E-state index in [1.165, 1.54) is 18.2 Å². The highest BCUT2D eigenvalue weighted by molar-refractivity contribution is 7.90. The fourth-order valence-electron chi connectivity index (χ4n) is 1.63. The molecule has 0 aliphatic heterocycles. The summed E-state index contributed by atoms with van der Waals surface area (Å²) >= 11 is 5.85. The summed E-state index contributed by atoms with van der Waals surface area (Å²) in [5.41, 5.74) is 7.30. The van der Waals surface area contributed by atoms with Gasteiger partial charge in [-0.3, -0.25) is 4.98 Å². The van der Waals surface area contributed by atoms with E-state index in [2.05, 4.69) is 4.98 Å². The van der Waals surface area contributed by atoms with E-state index in [1.807, 2.05) is 13.0 Å². The summed E-state index contributed by atoms with van der Waals surface area (Å²) < 4.78 is 24.6. The molecule has 0 aliphatic carbocycles. The van der Waals surface area contributed by atoms with Gasteiger partial charge in [0.05, 0.1) is 27.1 Å². The van der Waals surface area contributed by atoms with Crippen LogP contribution in [0.5, 0.6) is 0 Å². The van der Waals surface area contributed by atoms with Crippen LogP contribution < -0.4 is 5.73 Å². The van der Waals surface area contributed by atoms with Crippen molar-refractivity contribution in [3.63, 3.8) is 0 Å². The van der Waals surface area contributed by atoms with Gasteiger partial charge >= 0.3 is 0 Å². The number of benzene rings is 1. The van der Waals surface area contributed by atoms with Crippen LogP contribution in [0.15, 0.2) is 41.4 Å². The molecule has 6 heteroatoms. The maximum absolute atomic E-state index is 12.3. The van der Waals surface area contributed by atoms with Crippen molar-refractivity contribution in [3.05, 3.63) is 52.8 Å². The highest BCUT2D eigenvalue weighted by Crippen LogP contribution is 2.24. The van der Waals surface area contributed by atoms with Crippen molar-refractivity contribution in [2.45, 2.75) is 17.6 Å². The molecular formula is C13H13ClN2O2S. The number of aryl methyl sites for hydroxylation is 1. The number of rotatable bonds is 3. The molecule has 0 aliphatic rings. The van der Waals surface area contributed by atoms with Gasteiger partial charge in [-0.1, -0.05) is 17.7 Å². The Labute approximate surface area is 117 Å². The van der Waals surface area contributed by atoms with Crippen LogP contribution in [-0.4, -0.2) is 13.4 Å². The van der Waals surface area contributed by atoms with E-state index in [0.717, 1.165) is 5.56 Å². The SMILES string of the molecule is Cc1cccnc1CS(=O)(=O)c1ccc(N)c(Cl)c1. The van der Waals surface area contributed by atoms with Crippen molar-refractivity contribution in [2.24, 2.45) is 0 Å². The van der Waals surface area contributed by atoms with E-state index in [9.17, 15) is 8.42 Å². The van der Waals surface area contributed by atoms with Gasteiger partial charge in [0.25, 0.3) is 0 Å². The molecule has 2 aromatic rings. The molecule has 100 valence electrons. The maximum atomic E-state index is 12.3. The smallest absolute Gasteiger partial charge is 0.184 e. The van der Waals surface area contributed by atoms with E-state index < -0.39 is 9.84 Å². The molecule has 0 amide bonds. The fraction of sp³-hybridized carbons (Fsp3) is 0.154. The van der Waals surface area contributed by atoms with Crippen LogP contribution in [0.2, 0.25) is 5.02 Å². The molecule has 2 N–H and O–H groups in total. The summed E-state index contributed by atoms with van der Waals surface area (Å²) in [5, 5.41) is 0.235. The molecule has 0 bridgehead atoms. The van der Waals surface area contributed by atoms with E-state index in [4.69, 9.17) is 17.3 Å². The number of nitrogens with zero attached hydrogens (tertiary/aromatic N) is 1. The van der Waals surface area contributed by atoms with E-state index in [1.54, 1.807) is 12.3 Å². The number of halogens is 1. The summed E-state index contributed by atoms with van der Waals surface area (Å²) in [6.07, 6.45) is 1.58. The number of anilines is 1. The Morgan fingerprint density at radius 2 is 2.05 bits per heavy atom. The van der Waals surface area contributed by atoms with Crippen molar-refractivity contribution in [3.8, 4) is 0 Å². The van der Waals surface area contributed by atoms with Crippen LogP contribution in [0.3, 0.4) is 0 Å². The second-order valence-electron chi connectivity index (χ2n) is 4.21. The molecule has 0 atom stereocenters. The number of pyridine rings is 1. The van der Waals surface area contributed by atoms with Gasteiger partial charge < -0.3 is 5.73 Å². The number of nitrogens with two attached hydrogens (primary N) is 1. The molecule has 1 aromatic carbocycles. The van der Waals surface area contributed by atoms with Gasteiger partial charge in [-0.15, -0.1) is 0 Å². The summed E-state index contributed by atoms with van der Waals surface area (Å²) in [6, 6.07) is 7.90. The number of aromatic nitrogens is 1. The van der Waals surface area contributed by atoms with Crippen LogP contribution in [-0.2, 0) is 15.6 Å². The lowest BCUT2D eigenvalue weighted by Crippen LogP contribution is -2.08. The van der Waals surface area contributed by atoms with Gasteiger partial charge in [-0.25, -0.2) is 8.42 Å². The van der Waals surface area contributed by atoms with E-state index in [0.29, 0.717) is 11.4 Å². The molecule has 1 aromatic heterocycles. The predicted molar refractivity (Wildman–Crippen MR) is 75.7 cm³/mol. The van der Waals surface area contributed by atoms with Crippen molar-refractivity contribution >= 4 is 27.1 Å². The van der Waals surface area contributed by atoms with E-state index >= 15 is 0 Å². The third kappa shape index (κ3) is 3.05. The molecular weight excluding hydrogens is 284 g/mol. The second kappa shape index (κ2) is 5.19. The Balaban J connectivity index is 2.38. The van der Waals surface area contributed by atoms with Gasteiger partial charge in [0.15, 0.2) is 9.84 Å². The normalized spacial score (nSPS) is 11.5. The zero-order valence-corrected chi connectivity index (χ0v) is 11.9. The summed E-state index contributed by atoms with van der Waals surface area (Å²) in [6.45, 7) is 1.83. The zero-order chi connectivity index (χ0) is 14.0. The quantitative estimate of drug-likeness (QED) is 0.884. The minimum absolute atomic E-state index is 0.150. The van der Waals surface area contributed by atoms with Crippen LogP contribution in [0.25, 0.3) is 0 Å². The van der Waals surface area contributed by atoms with Crippen LogP contribution >= 0.6 is 11.6 Å². The highest BCUT2D eigenvalue weighted by atomic mass is 35.5. The highest BCUT2D eigenvalue weighted by Gasteiger charge is 2.18. The summed E-state index contributed by atoms with van der Waals surface area (Å²) in [4.78, 5) is 4.24. The molecule has 4 nitrogen and oxygen atoms in total. The van der Waals surface area contributed by atoms with E-state index in [-0.39, 0.29) is 15.7 Å². The first-order chi connectivity index (χ1) is 8.90. The Morgan fingerprint density at radius 1 is 1.32 bits per heavy atom. The molecule has 0 saturated carbocycles. The molecule has 1 heterocycles. The Morgan fingerprint density at radius 3 is 2.68 bits per heavy atom. The minimum Gasteiger partial charge on any atom is -0.398 e. The van der Waals surface area contributed by atoms with Gasteiger partial charge in [-0.2, -0.15) is 0 Å². The zero-order valence-electron chi connectivity index (χ0n) is 10.3. The molecule has 2 rings (SSSR count).